The minimum absolute atomic E-state index is 0.364. The van der Waals surface area contributed by atoms with E-state index >= 15 is 0 Å². The first-order valence-electron chi connectivity index (χ1n) is 51.3. The van der Waals surface area contributed by atoms with Crippen molar-refractivity contribution in [2.75, 3.05) is 0 Å². The van der Waals surface area contributed by atoms with E-state index in [-0.39, 0.29) is 10.8 Å². The fourth-order valence-corrected chi connectivity index (χ4v) is 10.1. The second kappa shape index (κ2) is 20.2. The fraction of sp³-hybridized carbons (Fsp3) is 0. The van der Waals surface area contributed by atoms with Crippen LogP contribution in [0.3, 0.4) is 0 Å². The normalized spacial score (nSPS) is 20.2. The maximum absolute atomic E-state index is 9.50. The van der Waals surface area contributed by atoms with Gasteiger partial charge in [0.25, 0.3) is 0 Å². The third-order valence-electron chi connectivity index (χ3n) is 13.8. The zero-order valence-corrected chi connectivity index (χ0v) is 42.8. The quantitative estimate of drug-likeness (QED) is 0.155. The summed E-state index contributed by atoms with van der Waals surface area (Å²) in [5.41, 5.74) is -11.2. The molecule has 0 aliphatic carbocycles. The molecule has 2 heterocycles. The van der Waals surface area contributed by atoms with Crippen molar-refractivity contribution in [2.45, 2.75) is 0 Å². The lowest BCUT2D eigenvalue weighted by atomic mass is 9.85. The molecule has 0 radical (unpaired) electrons. The van der Waals surface area contributed by atoms with E-state index in [0.29, 0.717) is 0 Å². The molecule has 400 valence electrons. The summed E-state index contributed by atoms with van der Waals surface area (Å²) in [5, 5.41) is -9.46. The van der Waals surface area contributed by atoms with Gasteiger partial charge in [-0.3, -0.25) is 0 Å². The number of para-hydroxylation sites is 2. The average molecular weight is 1150 g/mol. The molecule has 2 aromatic heterocycles. The third kappa shape index (κ3) is 8.18. The second-order valence-corrected chi connectivity index (χ2v) is 18.5. The molecule has 0 N–H and O–H groups in total. The van der Waals surface area contributed by atoms with Crippen LogP contribution in [0, 0.1) is 0 Å². The molecule has 0 aliphatic rings. The predicted octanol–water partition coefficient (Wildman–Crippen LogP) is 24.1. The van der Waals surface area contributed by atoms with E-state index in [9.17, 15) is 30.2 Å². The lowest BCUT2D eigenvalue weighted by Gasteiger charge is -2.18. The van der Waals surface area contributed by atoms with Crippen molar-refractivity contribution in [1.82, 2.24) is 0 Å². The van der Waals surface area contributed by atoms with Crippen LogP contribution in [0.25, 0.3) is 175 Å². The van der Waals surface area contributed by atoms with Gasteiger partial charge in [0.05, 0.1) is 71.3 Å². The Kier molecular flexibility index (Phi) is 4.69. The highest BCUT2D eigenvalue weighted by Crippen LogP contribution is 2.47. The minimum Gasteiger partial charge on any atom is -0.456 e. The van der Waals surface area contributed by atoms with Crippen LogP contribution in [0.15, 0.2) is 323 Å². The summed E-state index contributed by atoms with van der Waals surface area (Å²) < 4.78 is 474. The Morgan fingerprint density at radius 1 is 0.174 bits per heavy atom. The van der Waals surface area contributed by atoms with Crippen molar-refractivity contribution in [3.05, 3.63) is 314 Å². The Hall–Kier alpha value is -11.3. The number of rotatable bonds is 6. The van der Waals surface area contributed by atoms with Gasteiger partial charge in [-0.1, -0.05) is 272 Å². The van der Waals surface area contributed by atoms with Crippen molar-refractivity contribution in [1.29, 1.82) is 0 Å². The van der Waals surface area contributed by atoms with Crippen LogP contribution in [0.5, 0.6) is 0 Å². The Bertz CT molecular complexity index is 8710. The Morgan fingerprint density at radius 3 is 0.953 bits per heavy atom. The third-order valence-corrected chi connectivity index (χ3v) is 13.8. The molecule has 2 heteroatoms. The molecular formula is C84H52O2. The maximum atomic E-state index is 9.50. The average Bonchev–Trinajstić information content (AvgIpc) is 0.956. The summed E-state index contributed by atoms with van der Waals surface area (Å²) in [6.07, 6.45) is 0. The number of furan rings is 2. The first-order chi connectivity index (χ1) is 64.3. The van der Waals surface area contributed by atoms with Gasteiger partial charge in [-0.15, -0.1) is 0 Å². The molecule has 0 saturated heterocycles. The Morgan fingerprint density at radius 2 is 0.488 bits per heavy atom. The largest absolute Gasteiger partial charge is 0.456 e. The van der Waals surface area contributed by atoms with Gasteiger partial charge in [-0.05, 0) is 174 Å². The second-order valence-electron chi connectivity index (χ2n) is 18.5. The van der Waals surface area contributed by atoms with Crippen LogP contribution in [0.1, 0.15) is 71.3 Å². The van der Waals surface area contributed by atoms with Crippen molar-refractivity contribution >= 4 is 109 Å². The molecule has 86 heavy (non-hydrogen) atoms. The van der Waals surface area contributed by atoms with Crippen molar-refractivity contribution in [3.8, 4) is 66.8 Å². The summed E-state index contributed by atoms with van der Waals surface area (Å²) >= 11 is 0. The highest BCUT2D eigenvalue weighted by Gasteiger charge is 2.21. The van der Waals surface area contributed by atoms with Gasteiger partial charge in [0, 0.05) is 21.5 Å². The predicted molar refractivity (Wildman–Crippen MR) is 365 cm³/mol. The lowest BCUT2D eigenvalue weighted by Crippen LogP contribution is -1.91. The molecule has 0 fully saturated rings. The number of hydrogen-bond donors (Lipinski definition) is 0. The molecule has 0 aliphatic heterocycles. The maximum Gasteiger partial charge on any atom is 0.136 e. The van der Waals surface area contributed by atoms with Gasteiger partial charge in [0.15, 0.2) is 0 Å². The topological polar surface area (TPSA) is 26.3 Å². The molecule has 0 unspecified atom stereocenters. The summed E-state index contributed by atoms with van der Waals surface area (Å²) in [6, 6.07) is -46.5. The smallest absolute Gasteiger partial charge is 0.136 e. The summed E-state index contributed by atoms with van der Waals surface area (Å²) in [4.78, 5) is 0. The van der Waals surface area contributed by atoms with Crippen LogP contribution in [-0.4, -0.2) is 0 Å². The molecule has 18 rings (SSSR count). The SMILES string of the molecule is [2H]c1c([2H])c(-c2c3c([2H])c([2H])c([2H])c([2H])c3c(-c3c([2H])c([2H])c4c(oc5c([2H])c([2H])c([2H])c([2H])c54)c3[2H])c3c([2H])c([2H])c([2H])c([2H])c23)c([2H])c([2H])c1-c1c([2H])c([2H])c([2H])c2c([2H])c([2H])c([2H])c([2H])c12.[2H]c1c([2H])c(-c2c3c([2H])c([2H])c([2H])c([2H])c3c(-c3c([2H])c([2H])c4c(oc5c([2H])c([2H])c([2H])c([2H])c54)c3[2H])c3c([2H])c([2H])c([2H])c([2H])c23)c([2H])c([2H])c1-c1c([2H])c([2H])c2c([2H])c([2H])c([2H])c([2H])c2c1[2H]. The zero-order chi connectivity index (χ0) is 102. The molecule has 0 spiro atoms. The number of benzene rings is 16. The molecule has 0 saturated carbocycles. The molecular weight excluding hydrogens is 1040 g/mol. The fourth-order valence-electron chi connectivity index (χ4n) is 10.1. The van der Waals surface area contributed by atoms with E-state index in [4.69, 9.17) is 50.0 Å². The Labute approximate surface area is 569 Å². The molecule has 0 amide bonds. The first kappa shape index (κ1) is 19.9. The van der Waals surface area contributed by atoms with Crippen LogP contribution >= 0.6 is 0 Å². The highest BCUT2D eigenvalue weighted by molar-refractivity contribution is 6.24. The van der Waals surface area contributed by atoms with Crippen molar-refractivity contribution in [3.63, 3.8) is 0 Å². The van der Waals surface area contributed by atoms with Gasteiger partial charge >= 0.3 is 0 Å². The van der Waals surface area contributed by atoms with Gasteiger partial charge in [0.2, 0.25) is 0 Å². The van der Waals surface area contributed by atoms with Crippen LogP contribution < -0.4 is 0 Å². The van der Waals surface area contributed by atoms with E-state index in [2.05, 4.69) is 0 Å². The van der Waals surface area contributed by atoms with Crippen molar-refractivity contribution < 1.29 is 80.1 Å². The van der Waals surface area contributed by atoms with Crippen LogP contribution in [0.2, 0.25) is 0 Å². The van der Waals surface area contributed by atoms with E-state index in [1.165, 1.54) is 0 Å². The molecule has 16 aromatic carbocycles. The van der Waals surface area contributed by atoms with E-state index in [1.54, 1.807) is 0 Å². The monoisotopic (exact) mass is 1140 g/mol. The first-order valence-corrected chi connectivity index (χ1v) is 25.3. The standard InChI is InChI=1S/2C42H26O/c1-2-12-31-27(10-1)11-9-18-32(31)28-20-22-29(23-21-28)41-35-14-3-5-16-37(35)42(38-17-6-4-15-36(38)41)30-24-25-34-33-13-7-8-19-39(33)43-40(34)26-30;1-2-10-30-25-31(22-19-27(30)9-1)28-17-20-29(21-18-28)41-35-12-3-5-14-37(35)42(38-15-6-4-13-36(38)41)32-23-24-34-33-11-7-8-16-39(33)43-40(34)26-32/h2*1-26H/i2*1D,2D,3D,4D,5D,6D,7D,8D,9D,10D,11D,12D,13D,14D,15D,16D,17D,18D,19D,20D,21D,22D,23D,24D,25D,26D. The van der Waals surface area contributed by atoms with Crippen molar-refractivity contribution in [2.24, 2.45) is 0 Å². The van der Waals surface area contributed by atoms with Crippen LogP contribution in [0.4, 0.5) is 0 Å². The van der Waals surface area contributed by atoms with E-state index in [1.807, 2.05) is 0 Å². The molecule has 0 atom stereocenters. The highest BCUT2D eigenvalue weighted by atomic mass is 16.3. The van der Waals surface area contributed by atoms with Gasteiger partial charge in [0.1, 0.15) is 22.3 Å². The number of fused-ring (bicyclic) bond motifs is 12. The van der Waals surface area contributed by atoms with E-state index < -0.39 is 479 Å². The number of hydrogen-bond acceptors (Lipinski definition) is 2. The summed E-state index contributed by atoms with van der Waals surface area (Å²) in [5.74, 6) is 0. The zero-order valence-electron chi connectivity index (χ0n) is 94.8. The molecule has 18 aromatic rings. The summed E-state index contributed by atoms with van der Waals surface area (Å²) in [6.45, 7) is 0. The van der Waals surface area contributed by atoms with Crippen LogP contribution in [-0.2, 0) is 0 Å². The van der Waals surface area contributed by atoms with E-state index in [0.717, 1.165) is 0 Å². The lowest BCUT2D eigenvalue weighted by molar-refractivity contribution is 0.668. The minimum atomic E-state index is -1.07. The van der Waals surface area contributed by atoms with Gasteiger partial charge < -0.3 is 8.83 Å². The Balaban J connectivity index is 0.000000191. The van der Waals surface area contributed by atoms with Gasteiger partial charge in [-0.2, -0.15) is 0 Å². The molecule has 0 bridgehead atoms. The summed E-state index contributed by atoms with van der Waals surface area (Å²) in [7, 11) is 0. The molecule has 2 nitrogen and oxygen atoms in total. The van der Waals surface area contributed by atoms with Gasteiger partial charge in [-0.25, -0.2) is 0 Å².